The lowest BCUT2D eigenvalue weighted by Crippen LogP contribution is -2.36. The number of anilines is 1. The molecule has 0 atom stereocenters. The average molecular weight is 403 g/mol. The molecular weight excluding hydrogens is 376 g/mol. The van der Waals surface area contributed by atoms with Crippen LogP contribution in [-0.2, 0) is 9.63 Å². The maximum atomic E-state index is 12.4. The summed E-state index contributed by atoms with van der Waals surface area (Å²) in [5.74, 6) is 0. The van der Waals surface area contributed by atoms with E-state index in [1.807, 2.05) is 23.6 Å². The van der Waals surface area contributed by atoms with Crippen molar-refractivity contribution < 1.29 is 14.4 Å². The number of aromatic nitrogens is 1. The predicted molar refractivity (Wildman–Crippen MR) is 110 cm³/mol. The Kier molecular flexibility index (Phi) is 7.81. The van der Waals surface area contributed by atoms with Crippen LogP contribution in [0, 0.1) is 0 Å². The number of hydrogen-bond donors (Lipinski definition) is 1. The van der Waals surface area contributed by atoms with Crippen molar-refractivity contribution >= 4 is 29.5 Å². The average Bonchev–Trinajstić information content (AvgIpc) is 3.26. The number of hydrogen-bond acceptors (Lipinski definition) is 6. The molecule has 2 aromatic heterocycles. The Morgan fingerprint density at radius 1 is 1.25 bits per heavy atom. The Balaban J connectivity index is 1.46. The molecule has 1 fully saturated rings. The minimum Gasteiger partial charge on any atom is -0.340 e. The molecule has 0 unspecified atom stereocenters. The van der Waals surface area contributed by atoms with Crippen molar-refractivity contribution in [2.24, 2.45) is 0 Å². The Morgan fingerprint density at radius 3 is 2.79 bits per heavy atom. The van der Waals surface area contributed by atoms with Gasteiger partial charge in [0.2, 0.25) is 0 Å². The van der Waals surface area contributed by atoms with Crippen molar-refractivity contribution in [2.45, 2.75) is 32.1 Å². The van der Waals surface area contributed by atoms with Crippen molar-refractivity contribution in [1.82, 2.24) is 14.9 Å². The highest BCUT2D eigenvalue weighted by Gasteiger charge is 2.16. The second-order valence-corrected chi connectivity index (χ2v) is 7.70. The molecule has 0 aromatic carbocycles. The van der Waals surface area contributed by atoms with Gasteiger partial charge in [-0.3, -0.25) is 9.78 Å². The van der Waals surface area contributed by atoms with Crippen LogP contribution in [-0.4, -0.2) is 53.6 Å². The topological polar surface area (TPSA) is 74.8 Å². The van der Waals surface area contributed by atoms with Gasteiger partial charge < -0.3 is 15.1 Å². The smallest absolute Gasteiger partial charge is 0.340 e. The largest absolute Gasteiger partial charge is 0.355 e. The van der Waals surface area contributed by atoms with Gasteiger partial charge in [-0.25, -0.2) is 4.79 Å². The van der Waals surface area contributed by atoms with E-state index in [1.54, 1.807) is 23.6 Å². The molecule has 3 rings (SSSR count). The van der Waals surface area contributed by atoms with E-state index in [9.17, 15) is 9.59 Å². The first-order valence-corrected chi connectivity index (χ1v) is 10.6. The Morgan fingerprint density at radius 2 is 2.11 bits per heavy atom. The number of unbranched alkanes of at least 4 members (excludes halogenated alkanes) is 1. The zero-order valence-corrected chi connectivity index (χ0v) is 16.7. The Labute approximate surface area is 169 Å². The molecule has 0 spiro atoms. The number of hydroxylamine groups is 2. The van der Waals surface area contributed by atoms with Crippen LogP contribution >= 0.6 is 11.3 Å². The molecule has 7 nitrogen and oxygen atoms in total. The highest BCUT2D eigenvalue weighted by molar-refractivity contribution is 7.13. The molecule has 0 saturated carbocycles. The lowest BCUT2D eigenvalue weighted by molar-refractivity contribution is -0.159. The molecule has 8 heteroatoms. The Bertz CT molecular complexity index is 730. The second-order valence-electron chi connectivity index (χ2n) is 6.75. The molecule has 0 aliphatic carbocycles. The Hall–Kier alpha value is -2.45. The van der Waals surface area contributed by atoms with Crippen LogP contribution in [0.2, 0.25) is 0 Å². The van der Waals surface area contributed by atoms with Crippen molar-refractivity contribution in [3.63, 3.8) is 0 Å². The van der Waals surface area contributed by atoms with E-state index in [1.165, 1.54) is 19.3 Å². The number of pyridine rings is 1. The third-order valence-electron chi connectivity index (χ3n) is 4.72. The van der Waals surface area contributed by atoms with Crippen LogP contribution in [0.4, 0.5) is 10.5 Å². The lowest BCUT2D eigenvalue weighted by atomic mass is 10.1. The number of thiophene rings is 1. The molecule has 2 amide bonds. The van der Waals surface area contributed by atoms with Crippen molar-refractivity contribution in [3.8, 4) is 10.6 Å². The third kappa shape index (κ3) is 6.03. The summed E-state index contributed by atoms with van der Waals surface area (Å²) in [7, 11) is 0. The van der Waals surface area contributed by atoms with Crippen LogP contribution in [0.3, 0.4) is 0 Å². The molecule has 1 N–H and O–H groups in total. The van der Waals surface area contributed by atoms with Gasteiger partial charge in [-0.15, -0.1) is 11.3 Å². The minimum absolute atomic E-state index is 0.280. The zero-order chi connectivity index (χ0) is 19.6. The molecule has 150 valence electrons. The summed E-state index contributed by atoms with van der Waals surface area (Å²) in [5.41, 5.74) is 1.41. The van der Waals surface area contributed by atoms with Crippen LogP contribution < -0.4 is 5.32 Å². The molecule has 28 heavy (non-hydrogen) atoms. The van der Waals surface area contributed by atoms with Crippen LogP contribution in [0.25, 0.3) is 10.6 Å². The summed E-state index contributed by atoms with van der Waals surface area (Å²) in [4.78, 5) is 35.9. The number of rotatable bonds is 9. The summed E-state index contributed by atoms with van der Waals surface area (Å²) in [6, 6.07) is 7.13. The first-order valence-electron chi connectivity index (χ1n) is 9.67. The van der Waals surface area contributed by atoms with Crippen LogP contribution in [0.5, 0.6) is 0 Å². The molecule has 0 radical (unpaired) electrons. The number of nitrogens with one attached hydrogen (secondary N) is 1. The minimum atomic E-state index is -0.476. The summed E-state index contributed by atoms with van der Waals surface area (Å²) in [6.45, 7) is 3.97. The maximum Gasteiger partial charge on any atom is 0.355 e. The molecule has 3 heterocycles. The fourth-order valence-electron chi connectivity index (χ4n) is 3.25. The standard InChI is InChI=1S/C20H26N4O3S/c25-16-27-24(13-5-4-12-23-10-2-1-3-11-23)20(26)22-17-8-9-18(21-15-17)19-7-6-14-28-19/h6-9,14-16H,1-5,10-13H2,(H,22,26). The van der Waals surface area contributed by atoms with E-state index in [2.05, 4.69) is 15.2 Å². The first kappa shape index (κ1) is 20.3. The summed E-state index contributed by atoms with van der Waals surface area (Å²) >= 11 is 1.61. The van der Waals surface area contributed by atoms with E-state index in [-0.39, 0.29) is 6.47 Å². The van der Waals surface area contributed by atoms with Gasteiger partial charge in [0.05, 0.1) is 29.0 Å². The van der Waals surface area contributed by atoms with E-state index >= 15 is 0 Å². The van der Waals surface area contributed by atoms with Gasteiger partial charge >= 0.3 is 12.5 Å². The normalized spacial score (nSPS) is 14.4. The molecular formula is C20H26N4O3S. The van der Waals surface area contributed by atoms with Gasteiger partial charge in [-0.2, -0.15) is 5.06 Å². The van der Waals surface area contributed by atoms with E-state index in [0.717, 1.165) is 48.1 Å². The predicted octanol–water partition coefficient (Wildman–Crippen LogP) is 4.00. The number of likely N-dealkylation sites (tertiary alicyclic amines) is 1. The highest BCUT2D eigenvalue weighted by atomic mass is 32.1. The number of piperidine rings is 1. The highest BCUT2D eigenvalue weighted by Crippen LogP contribution is 2.23. The molecule has 2 aromatic rings. The number of nitrogens with zero attached hydrogens (tertiary/aromatic N) is 3. The first-order chi connectivity index (χ1) is 13.8. The fourth-order valence-corrected chi connectivity index (χ4v) is 3.95. The zero-order valence-electron chi connectivity index (χ0n) is 15.9. The van der Waals surface area contributed by atoms with E-state index in [0.29, 0.717) is 12.2 Å². The van der Waals surface area contributed by atoms with Gasteiger partial charge in [-0.05, 0) is 68.9 Å². The molecule has 1 aliphatic rings. The van der Waals surface area contributed by atoms with Gasteiger partial charge in [0.1, 0.15) is 0 Å². The van der Waals surface area contributed by atoms with E-state index in [4.69, 9.17) is 4.84 Å². The van der Waals surface area contributed by atoms with Gasteiger partial charge in [0.25, 0.3) is 0 Å². The SMILES string of the molecule is O=CON(CCCCN1CCCCC1)C(=O)Nc1ccc(-c2cccs2)nc1. The van der Waals surface area contributed by atoms with Crippen molar-refractivity contribution in [1.29, 1.82) is 0 Å². The number of urea groups is 1. The summed E-state index contributed by atoms with van der Waals surface area (Å²) in [5, 5.41) is 5.78. The number of carbonyl (C=O) groups excluding carboxylic acids is 2. The van der Waals surface area contributed by atoms with Crippen molar-refractivity contribution in [2.75, 3.05) is 31.5 Å². The number of amides is 2. The second kappa shape index (κ2) is 10.8. The van der Waals surface area contributed by atoms with Crippen LogP contribution in [0.15, 0.2) is 35.8 Å². The monoisotopic (exact) mass is 402 g/mol. The maximum absolute atomic E-state index is 12.4. The molecule has 1 saturated heterocycles. The molecule has 1 aliphatic heterocycles. The number of carbonyl (C=O) groups is 2. The van der Waals surface area contributed by atoms with Gasteiger partial charge in [0.15, 0.2) is 0 Å². The van der Waals surface area contributed by atoms with Crippen LogP contribution in [0.1, 0.15) is 32.1 Å². The lowest BCUT2D eigenvalue weighted by Gasteiger charge is -2.26. The summed E-state index contributed by atoms with van der Waals surface area (Å²) < 4.78 is 0. The third-order valence-corrected chi connectivity index (χ3v) is 5.61. The van der Waals surface area contributed by atoms with E-state index < -0.39 is 6.03 Å². The van der Waals surface area contributed by atoms with Gasteiger partial charge in [0, 0.05) is 0 Å². The van der Waals surface area contributed by atoms with Gasteiger partial charge in [-0.1, -0.05) is 12.5 Å². The summed E-state index contributed by atoms with van der Waals surface area (Å²) in [6.07, 6.45) is 7.18. The quantitative estimate of drug-likeness (QED) is 0.390. The molecule has 0 bridgehead atoms. The van der Waals surface area contributed by atoms with Crippen molar-refractivity contribution in [3.05, 3.63) is 35.8 Å². The fraction of sp³-hybridized carbons (Fsp3) is 0.450.